The molecule has 0 fully saturated rings. The van der Waals surface area contributed by atoms with Crippen molar-refractivity contribution in [1.29, 1.82) is 5.26 Å². The maximum absolute atomic E-state index is 11.9. The van der Waals surface area contributed by atoms with Crippen LogP contribution in [0.25, 0.3) is 0 Å². The second-order valence-corrected chi connectivity index (χ2v) is 6.77. The molecule has 1 aliphatic heterocycles. The molecule has 1 aromatic carbocycles. The van der Waals surface area contributed by atoms with Crippen LogP contribution in [0.15, 0.2) is 27.2 Å². The number of phenolic OH excluding ortho intramolecular Hbond substituents is 1. The van der Waals surface area contributed by atoms with Crippen molar-refractivity contribution in [2.75, 3.05) is 12.9 Å². The summed E-state index contributed by atoms with van der Waals surface area (Å²) in [4.78, 5) is 11.9. The lowest BCUT2D eigenvalue weighted by Gasteiger charge is -2.25. The van der Waals surface area contributed by atoms with E-state index in [9.17, 15) is 15.2 Å². The molecule has 1 atom stereocenters. The lowest BCUT2D eigenvalue weighted by Crippen LogP contribution is -2.30. The van der Waals surface area contributed by atoms with Crippen LogP contribution >= 0.6 is 27.7 Å². The van der Waals surface area contributed by atoms with Gasteiger partial charge in [0.15, 0.2) is 11.5 Å². The zero-order valence-electron chi connectivity index (χ0n) is 12.1. The van der Waals surface area contributed by atoms with Crippen molar-refractivity contribution in [2.45, 2.75) is 19.3 Å². The normalized spacial score (nSPS) is 17.9. The first-order valence-corrected chi connectivity index (χ1v) is 8.43. The first-order chi connectivity index (χ1) is 10.5. The Morgan fingerprint density at radius 2 is 2.32 bits per heavy atom. The van der Waals surface area contributed by atoms with E-state index in [1.807, 2.05) is 6.92 Å². The van der Waals surface area contributed by atoms with E-state index in [0.717, 1.165) is 11.3 Å². The van der Waals surface area contributed by atoms with E-state index in [0.29, 0.717) is 20.8 Å². The minimum absolute atomic E-state index is 0.00263. The second-order valence-electron chi connectivity index (χ2n) is 4.65. The number of hydrogen-bond donors (Lipinski definition) is 2. The van der Waals surface area contributed by atoms with Gasteiger partial charge in [0, 0.05) is 12.3 Å². The van der Waals surface area contributed by atoms with Gasteiger partial charge in [0.2, 0.25) is 5.91 Å². The van der Waals surface area contributed by atoms with Crippen molar-refractivity contribution in [2.24, 2.45) is 0 Å². The minimum atomic E-state index is -0.349. The van der Waals surface area contributed by atoms with E-state index in [1.54, 1.807) is 12.1 Å². The Kier molecular flexibility index (Phi) is 5.37. The highest BCUT2D eigenvalue weighted by Gasteiger charge is 2.30. The largest absolute Gasteiger partial charge is 0.503 e. The van der Waals surface area contributed by atoms with Crippen molar-refractivity contribution in [1.82, 2.24) is 5.32 Å². The lowest BCUT2D eigenvalue weighted by atomic mass is 9.87. The molecular formula is C15H15BrN2O3S. The molecular weight excluding hydrogens is 368 g/mol. The van der Waals surface area contributed by atoms with Crippen molar-refractivity contribution in [3.8, 4) is 17.6 Å². The molecule has 1 aliphatic rings. The number of hydrogen-bond acceptors (Lipinski definition) is 5. The molecule has 0 unspecified atom stereocenters. The molecule has 1 aromatic rings. The fraction of sp³-hybridized carbons (Fsp3) is 0.333. The van der Waals surface area contributed by atoms with Gasteiger partial charge in [-0.15, -0.1) is 11.8 Å². The summed E-state index contributed by atoms with van der Waals surface area (Å²) in [6.45, 7) is 1.96. The average molecular weight is 383 g/mol. The van der Waals surface area contributed by atoms with Crippen LogP contribution in [0.4, 0.5) is 0 Å². The highest BCUT2D eigenvalue weighted by Crippen LogP contribution is 2.42. The number of carbonyl (C=O) groups is 1. The van der Waals surface area contributed by atoms with Gasteiger partial charge in [-0.1, -0.05) is 6.92 Å². The highest BCUT2D eigenvalue weighted by molar-refractivity contribution is 9.10. The molecule has 116 valence electrons. The van der Waals surface area contributed by atoms with Crippen LogP contribution in [0.5, 0.6) is 11.5 Å². The van der Waals surface area contributed by atoms with Gasteiger partial charge in [-0.25, -0.2) is 0 Å². The Balaban J connectivity index is 2.54. The van der Waals surface area contributed by atoms with Gasteiger partial charge in [-0.2, -0.15) is 5.26 Å². The Hall–Kier alpha value is -1.65. The molecule has 2 rings (SSSR count). The van der Waals surface area contributed by atoms with E-state index in [4.69, 9.17) is 4.74 Å². The summed E-state index contributed by atoms with van der Waals surface area (Å²) >= 11 is 4.71. The number of ether oxygens (including phenoxy) is 1. The number of allylic oxidation sites excluding steroid dienone is 1. The zero-order chi connectivity index (χ0) is 16.3. The number of nitriles is 1. The maximum Gasteiger partial charge on any atom is 0.225 e. The predicted octanol–water partition coefficient (Wildman–Crippen LogP) is 3.26. The number of methoxy groups -OCH3 is 1. The van der Waals surface area contributed by atoms with Crippen LogP contribution in [0, 0.1) is 11.3 Å². The number of phenols is 1. The van der Waals surface area contributed by atoms with Gasteiger partial charge in [0.25, 0.3) is 0 Å². The van der Waals surface area contributed by atoms with Crippen LogP contribution in [-0.2, 0) is 4.79 Å². The topological polar surface area (TPSA) is 82.3 Å². The van der Waals surface area contributed by atoms with Gasteiger partial charge < -0.3 is 15.2 Å². The van der Waals surface area contributed by atoms with Crippen molar-refractivity contribution in [3.63, 3.8) is 0 Å². The van der Waals surface area contributed by atoms with E-state index in [-0.39, 0.29) is 24.0 Å². The van der Waals surface area contributed by atoms with Crippen molar-refractivity contribution in [3.05, 3.63) is 32.8 Å². The van der Waals surface area contributed by atoms with Gasteiger partial charge in [0.05, 0.1) is 28.3 Å². The molecule has 22 heavy (non-hydrogen) atoms. The summed E-state index contributed by atoms with van der Waals surface area (Å²) in [6, 6.07) is 5.58. The van der Waals surface area contributed by atoms with E-state index < -0.39 is 0 Å². The van der Waals surface area contributed by atoms with E-state index in [2.05, 4.69) is 27.3 Å². The lowest BCUT2D eigenvalue weighted by molar-refractivity contribution is -0.120. The molecule has 0 saturated carbocycles. The smallest absolute Gasteiger partial charge is 0.225 e. The fourth-order valence-electron chi connectivity index (χ4n) is 2.31. The second kappa shape index (κ2) is 7.07. The monoisotopic (exact) mass is 382 g/mol. The quantitative estimate of drug-likeness (QED) is 0.834. The number of benzene rings is 1. The SMILES string of the molecule is CCSC1=C(C#N)[C@@H](c2cc(Br)c(O)c(OC)c2)CC(=O)N1. The molecule has 2 N–H and O–H groups in total. The molecule has 1 amide bonds. The number of thioether (sulfide) groups is 1. The van der Waals surface area contributed by atoms with Crippen molar-refractivity contribution < 1.29 is 14.6 Å². The van der Waals surface area contributed by atoms with E-state index in [1.165, 1.54) is 18.9 Å². The maximum atomic E-state index is 11.9. The minimum Gasteiger partial charge on any atom is -0.503 e. The van der Waals surface area contributed by atoms with Crippen molar-refractivity contribution >= 4 is 33.6 Å². The number of aromatic hydroxyl groups is 1. The summed E-state index contributed by atoms with van der Waals surface area (Å²) in [7, 11) is 1.46. The summed E-state index contributed by atoms with van der Waals surface area (Å²) < 4.78 is 5.61. The third kappa shape index (κ3) is 3.23. The number of rotatable bonds is 4. The molecule has 7 heteroatoms. The first kappa shape index (κ1) is 16.7. The van der Waals surface area contributed by atoms with Gasteiger partial charge in [0.1, 0.15) is 0 Å². The molecule has 0 aromatic heterocycles. The Morgan fingerprint density at radius 1 is 1.59 bits per heavy atom. The molecule has 0 saturated heterocycles. The fourth-order valence-corrected chi connectivity index (χ4v) is 3.59. The number of carbonyl (C=O) groups excluding carboxylic acids is 1. The number of nitrogens with zero attached hydrogens (tertiary/aromatic N) is 1. The Bertz CT molecular complexity index is 682. The third-order valence-electron chi connectivity index (χ3n) is 3.32. The van der Waals surface area contributed by atoms with Crippen LogP contribution in [-0.4, -0.2) is 23.9 Å². The molecule has 0 radical (unpaired) electrons. The summed E-state index contributed by atoms with van der Waals surface area (Å²) in [5, 5.41) is 22.8. The van der Waals surface area contributed by atoms with Gasteiger partial charge in [-0.05, 0) is 39.4 Å². The molecule has 1 heterocycles. The summed E-state index contributed by atoms with van der Waals surface area (Å²) in [6.07, 6.45) is 0.192. The zero-order valence-corrected chi connectivity index (χ0v) is 14.5. The third-order valence-corrected chi connectivity index (χ3v) is 4.82. The predicted molar refractivity (Wildman–Crippen MR) is 88.6 cm³/mol. The number of nitrogens with one attached hydrogen (secondary N) is 1. The highest BCUT2D eigenvalue weighted by atomic mass is 79.9. The first-order valence-electron chi connectivity index (χ1n) is 6.65. The number of halogens is 1. The Morgan fingerprint density at radius 3 is 2.91 bits per heavy atom. The van der Waals surface area contributed by atoms with Crippen LogP contribution in [0.2, 0.25) is 0 Å². The number of amides is 1. The van der Waals surface area contributed by atoms with Crippen LogP contribution in [0.1, 0.15) is 24.8 Å². The summed E-state index contributed by atoms with van der Waals surface area (Å²) in [5.41, 5.74) is 1.29. The molecule has 0 spiro atoms. The molecule has 5 nitrogen and oxygen atoms in total. The summed E-state index contributed by atoms with van der Waals surface area (Å²) in [5.74, 6) is 0.590. The van der Waals surface area contributed by atoms with Crippen LogP contribution < -0.4 is 10.1 Å². The van der Waals surface area contributed by atoms with E-state index >= 15 is 0 Å². The standard InChI is InChI=1S/C15H15BrN2O3S/c1-3-22-15-10(7-17)9(6-13(19)18-15)8-4-11(16)14(20)12(5-8)21-2/h4-5,9,20H,3,6H2,1-2H3,(H,18,19)/t9-/m1/s1. The van der Waals surface area contributed by atoms with Gasteiger partial charge in [-0.3, -0.25) is 4.79 Å². The average Bonchev–Trinajstić information content (AvgIpc) is 2.49. The molecule has 0 aliphatic carbocycles. The Labute approximate surface area is 141 Å². The molecule has 0 bridgehead atoms. The van der Waals surface area contributed by atoms with Gasteiger partial charge >= 0.3 is 0 Å². The van der Waals surface area contributed by atoms with Crippen LogP contribution in [0.3, 0.4) is 0 Å².